The van der Waals surface area contributed by atoms with Gasteiger partial charge in [-0.05, 0) is 17.7 Å². The topological polar surface area (TPSA) is 72.3 Å². The van der Waals surface area contributed by atoms with Gasteiger partial charge in [-0.25, -0.2) is 18.6 Å². The third kappa shape index (κ3) is 3.51. The molecule has 24 heavy (non-hydrogen) atoms. The first-order valence-electron chi connectivity index (χ1n) is 7.47. The number of hydrogen-bond donors (Lipinski definition) is 1. The first kappa shape index (κ1) is 16.3. The Morgan fingerprint density at radius 3 is 2.96 bits per heavy atom. The van der Waals surface area contributed by atoms with Gasteiger partial charge in [0.2, 0.25) is 0 Å². The van der Waals surface area contributed by atoms with E-state index in [1.54, 1.807) is 16.6 Å². The number of hydrogen-bond acceptors (Lipinski definition) is 4. The summed E-state index contributed by atoms with van der Waals surface area (Å²) < 4.78 is 33.5. The van der Waals surface area contributed by atoms with Crippen LogP contribution in [0.3, 0.4) is 0 Å². The molecule has 0 bridgehead atoms. The molecule has 3 rings (SSSR count). The average Bonchev–Trinajstić information content (AvgIpc) is 3.00. The lowest BCUT2D eigenvalue weighted by Crippen LogP contribution is -2.47. The fourth-order valence-corrected chi connectivity index (χ4v) is 2.49. The number of aromatic nitrogens is 3. The maximum atomic E-state index is 13.4. The second-order valence-electron chi connectivity index (χ2n) is 5.44. The van der Waals surface area contributed by atoms with E-state index >= 15 is 0 Å². The monoisotopic (exact) mass is 337 g/mol. The number of amides is 2. The number of nitrogens with zero attached hydrogens (tertiary/aromatic N) is 4. The number of morpholine rings is 1. The highest BCUT2D eigenvalue weighted by Gasteiger charge is 2.26. The van der Waals surface area contributed by atoms with Crippen molar-refractivity contribution in [2.75, 3.05) is 19.7 Å². The van der Waals surface area contributed by atoms with Crippen LogP contribution in [0, 0.1) is 11.6 Å². The number of nitrogens with one attached hydrogen (secondary N) is 1. The van der Waals surface area contributed by atoms with Crippen LogP contribution in [0.2, 0.25) is 0 Å². The lowest BCUT2D eigenvalue weighted by molar-refractivity contribution is -0.0156. The number of rotatable bonds is 3. The zero-order valence-corrected chi connectivity index (χ0v) is 13.1. The summed E-state index contributed by atoms with van der Waals surface area (Å²) in [5, 5.41) is 6.69. The molecule has 0 spiro atoms. The molecule has 1 saturated heterocycles. The lowest BCUT2D eigenvalue weighted by atomic mass is 10.1. The van der Waals surface area contributed by atoms with Crippen LogP contribution in [0.15, 0.2) is 24.5 Å². The van der Waals surface area contributed by atoms with Crippen LogP contribution >= 0.6 is 0 Å². The Kier molecular flexibility index (Phi) is 4.70. The summed E-state index contributed by atoms with van der Waals surface area (Å²) in [7, 11) is 1.74. The minimum atomic E-state index is -0.931. The predicted molar refractivity (Wildman–Crippen MR) is 79.9 cm³/mol. The van der Waals surface area contributed by atoms with Crippen molar-refractivity contribution in [1.82, 2.24) is 25.0 Å². The van der Waals surface area contributed by atoms with E-state index in [1.165, 1.54) is 12.4 Å². The Labute approximate surface area is 137 Å². The van der Waals surface area contributed by atoms with E-state index in [2.05, 4.69) is 15.4 Å². The van der Waals surface area contributed by atoms with Gasteiger partial charge in [-0.1, -0.05) is 6.07 Å². The van der Waals surface area contributed by atoms with Crippen LogP contribution in [-0.4, -0.2) is 45.4 Å². The maximum Gasteiger partial charge on any atom is 0.317 e. The molecule has 7 nitrogen and oxygen atoms in total. The SMILES string of the molecule is Cn1ncnc1CNC(=O)N1CCO[C@@H](c2ccc(F)c(F)c2)C1. The summed E-state index contributed by atoms with van der Waals surface area (Å²) in [6.45, 7) is 1.25. The number of aryl methyl sites for hydroxylation is 1. The van der Waals surface area contributed by atoms with Gasteiger partial charge in [-0.15, -0.1) is 0 Å². The number of ether oxygens (including phenoxy) is 1. The number of halogens is 2. The van der Waals surface area contributed by atoms with E-state index in [0.29, 0.717) is 24.5 Å². The van der Waals surface area contributed by atoms with Gasteiger partial charge in [-0.2, -0.15) is 5.10 Å². The molecule has 1 aliphatic rings. The van der Waals surface area contributed by atoms with Gasteiger partial charge in [0.1, 0.15) is 18.3 Å². The molecule has 1 aliphatic heterocycles. The minimum absolute atomic E-state index is 0.253. The highest BCUT2D eigenvalue weighted by molar-refractivity contribution is 5.74. The Morgan fingerprint density at radius 2 is 2.25 bits per heavy atom. The molecule has 1 aromatic heterocycles. The van der Waals surface area contributed by atoms with Crippen molar-refractivity contribution in [3.63, 3.8) is 0 Å². The average molecular weight is 337 g/mol. The quantitative estimate of drug-likeness (QED) is 0.918. The molecule has 2 aromatic rings. The lowest BCUT2D eigenvalue weighted by Gasteiger charge is -2.33. The molecular weight excluding hydrogens is 320 g/mol. The van der Waals surface area contributed by atoms with E-state index in [1.807, 2.05) is 0 Å². The first-order chi connectivity index (χ1) is 11.5. The molecule has 2 amide bonds. The Hall–Kier alpha value is -2.55. The first-order valence-corrected chi connectivity index (χ1v) is 7.47. The van der Waals surface area contributed by atoms with Crippen molar-refractivity contribution in [1.29, 1.82) is 0 Å². The number of carbonyl (C=O) groups is 1. The van der Waals surface area contributed by atoms with Gasteiger partial charge >= 0.3 is 6.03 Å². The minimum Gasteiger partial charge on any atom is -0.370 e. The standard InChI is InChI=1S/C15H17F2N5O2/c1-21-14(19-9-20-21)7-18-15(23)22-4-5-24-13(8-22)10-2-3-11(16)12(17)6-10/h2-3,6,9,13H,4-5,7-8H2,1H3,(H,18,23)/t13-/m1/s1. The Morgan fingerprint density at radius 1 is 1.42 bits per heavy atom. The van der Waals surface area contributed by atoms with Crippen LogP contribution in [0.4, 0.5) is 13.6 Å². The summed E-state index contributed by atoms with van der Waals surface area (Å²) in [5.74, 6) is -1.21. The molecule has 0 radical (unpaired) electrons. The third-order valence-corrected chi connectivity index (χ3v) is 3.87. The summed E-state index contributed by atoms with van der Waals surface area (Å²) in [5.41, 5.74) is 0.500. The van der Waals surface area contributed by atoms with Crippen molar-refractivity contribution in [3.8, 4) is 0 Å². The third-order valence-electron chi connectivity index (χ3n) is 3.87. The normalized spacial score (nSPS) is 17.8. The van der Waals surface area contributed by atoms with Crippen LogP contribution in [-0.2, 0) is 18.3 Å². The summed E-state index contributed by atoms with van der Waals surface area (Å²) >= 11 is 0. The van der Waals surface area contributed by atoms with Crippen LogP contribution in [0.1, 0.15) is 17.5 Å². The van der Waals surface area contributed by atoms with Gasteiger partial charge in [0.15, 0.2) is 11.6 Å². The van der Waals surface area contributed by atoms with Crippen molar-refractivity contribution >= 4 is 6.03 Å². The molecule has 0 unspecified atom stereocenters. The fraction of sp³-hybridized carbons (Fsp3) is 0.400. The molecule has 1 aromatic carbocycles. The van der Waals surface area contributed by atoms with E-state index < -0.39 is 17.7 Å². The molecule has 0 aliphatic carbocycles. The number of urea groups is 1. The molecule has 2 heterocycles. The summed E-state index contributed by atoms with van der Waals surface area (Å²) in [6, 6.07) is 3.35. The van der Waals surface area contributed by atoms with Gasteiger partial charge in [-0.3, -0.25) is 4.68 Å². The largest absolute Gasteiger partial charge is 0.370 e. The molecule has 128 valence electrons. The van der Waals surface area contributed by atoms with Crippen molar-refractivity contribution < 1.29 is 18.3 Å². The second kappa shape index (κ2) is 6.91. The fourth-order valence-electron chi connectivity index (χ4n) is 2.49. The van der Waals surface area contributed by atoms with Crippen LogP contribution in [0.5, 0.6) is 0 Å². The van der Waals surface area contributed by atoms with E-state index in [4.69, 9.17) is 4.74 Å². The summed E-state index contributed by atoms with van der Waals surface area (Å²) in [6.07, 6.45) is 0.921. The van der Waals surface area contributed by atoms with E-state index in [0.717, 1.165) is 12.1 Å². The van der Waals surface area contributed by atoms with Gasteiger partial charge in [0, 0.05) is 13.6 Å². The highest BCUT2D eigenvalue weighted by atomic mass is 19.2. The second-order valence-corrected chi connectivity index (χ2v) is 5.44. The zero-order chi connectivity index (χ0) is 17.1. The number of carbonyl (C=O) groups excluding carboxylic acids is 1. The maximum absolute atomic E-state index is 13.4. The van der Waals surface area contributed by atoms with Crippen molar-refractivity contribution in [2.45, 2.75) is 12.6 Å². The summed E-state index contributed by atoms with van der Waals surface area (Å²) in [4.78, 5) is 17.9. The van der Waals surface area contributed by atoms with Crippen molar-refractivity contribution in [2.24, 2.45) is 7.05 Å². The molecule has 1 fully saturated rings. The van der Waals surface area contributed by atoms with E-state index in [-0.39, 0.29) is 19.1 Å². The molecular formula is C15H17F2N5O2. The van der Waals surface area contributed by atoms with Crippen LogP contribution < -0.4 is 5.32 Å². The van der Waals surface area contributed by atoms with Gasteiger partial charge < -0.3 is 15.0 Å². The molecule has 1 N–H and O–H groups in total. The molecule has 0 saturated carbocycles. The van der Waals surface area contributed by atoms with Crippen molar-refractivity contribution in [3.05, 3.63) is 47.5 Å². The molecule has 9 heteroatoms. The highest BCUT2D eigenvalue weighted by Crippen LogP contribution is 2.23. The van der Waals surface area contributed by atoms with Crippen LogP contribution in [0.25, 0.3) is 0 Å². The number of benzene rings is 1. The molecule has 1 atom stereocenters. The van der Waals surface area contributed by atoms with E-state index in [9.17, 15) is 13.6 Å². The van der Waals surface area contributed by atoms with Gasteiger partial charge in [0.25, 0.3) is 0 Å². The predicted octanol–water partition coefficient (Wildman–Crippen LogP) is 1.38. The Bertz CT molecular complexity index is 736. The zero-order valence-electron chi connectivity index (χ0n) is 13.1. The van der Waals surface area contributed by atoms with Gasteiger partial charge in [0.05, 0.1) is 19.7 Å². The Balaban J connectivity index is 1.61. The smallest absolute Gasteiger partial charge is 0.317 e.